The van der Waals surface area contributed by atoms with Crippen LogP contribution in [0.15, 0.2) is 87.3 Å². The van der Waals surface area contributed by atoms with Crippen LogP contribution in [0.2, 0.25) is 0 Å². The van der Waals surface area contributed by atoms with E-state index in [1.807, 2.05) is 19.1 Å². The van der Waals surface area contributed by atoms with Crippen LogP contribution >= 0.6 is 15.9 Å². The van der Waals surface area contributed by atoms with Crippen molar-refractivity contribution in [3.05, 3.63) is 94.0 Å². The monoisotopic (exact) mass is 529 g/mol. The van der Waals surface area contributed by atoms with Gasteiger partial charge >= 0.3 is 5.97 Å². The zero-order valence-corrected chi connectivity index (χ0v) is 19.9. The summed E-state index contributed by atoms with van der Waals surface area (Å²) >= 11 is 3.34. The van der Waals surface area contributed by atoms with E-state index < -0.39 is 28.4 Å². The molecule has 0 radical (unpaired) electrons. The SMILES string of the molecule is Cc1ccccc1C(=O)Oc1ccc(Br)cc1/C=N/NC(=O)CNS(=O)(=O)c1ccccc1. The molecular weight excluding hydrogens is 510 g/mol. The predicted octanol–water partition coefficient (Wildman–Crippen LogP) is 3.41. The molecule has 0 aromatic heterocycles. The van der Waals surface area contributed by atoms with Crippen LogP contribution in [0.3, 0.4) is 0 Å². The van der Waals surface area contributed by atoms with Gasteiger partial charge in [-0.3, -0.25) is 4.79 Å². The van der Waals surface area contributed by atoms with Crippen LogP contribution in [0.5, 0.6) is 5.75 Å². The summed E-state index contributed by atoms with van der Waals surface area (Å²) in [7, 11) is -3.81. The molecule has 2 N–H and O–H groups in total. The number of sulfonamides is 1. The Kier molecular flexibility index (Phi) is 8.10. The van der Waals surface area contributed by atoms with Crippen molar-refractivity contribution in [2.45, 2.75) is 11.8 Å². The number of nitrogens with zero attached hydrogens (tertiary/aromatic N) is 1. The molecule has 0 saturated carbocycles. The molecule has 0 spiro atoms. The summed E-state index contributed by atoms with van der Waals surface area (Å²) in [5.74, 6) is -0.946. The second kappa shape index (κ2) is 11.0. The number of rotatable bonds is 8. The Balaban J connectivity index is 1.64. The minimum Gasteiger partial charge on any atom is -0.422 e. The number of hydrogen-bond donors (Lipinski definition) is 2. The van der Waals surface area contributed by atoms with E-state index >= 15 is 0 Å². The average Bonchev–Trinajstić information content (AvgIpc) is 2.80. The van der Waals surface area contributed by atoms with E-state index in [0.717, 1.165) is 5.56 Å². The van der Waals surface area contributed by atoms with Gasteiger partial charge < -0.3 is 4.74 Å². The molecule has 170 valence electrons. The fourth-order valence-electron chi connectivity index (χ4n) is 2.73. The third-order valence-electron chi connectivity index (χ3n) is 4.41. The molecular formula is C23H20BrN3O5S. The van der Waals surface area contributed by atoms with E-state index in [0.29, 0.717) is 15.6 Å². The van der Waals surface area contributed by atoms with Crippen molar-refractivity contribution in [2.75, 3.05) is 6.54 Å². The summed E-state index contributed by atoms with van der Waals surface area (Å²) < 4.78 is 32.8. The van der Waals surface area contributed by atoms with Crippen molar-refractivity contribution in [3.63, 3.8) is 0 Å². The largest absolute Gasteiger partial charge is 0.422 e. The first-order chi connectivity index (χ1) is 15.8. The zero-order chi connectivity index (χ0) is 23.8. The molecule has 0 unspecified atom stereocenters. The van der Waals surface area contributed by atoms with Gasteiger partial charge in [-0.05, 0) is 48.9 Å². The number of nitrogens with one attached hydrogen (secondary N) is 2. The number of halogens is 1. The minimum atomic E-state index is -3.81. The first kappa shape index (κ1) is 24.3. The Labute approximate surface area is 199 Å². The molecule has 0 atom stereocenters. The number of carbonyl (C=O) groups is 2. The second-order valence-corrected chi connectivity index (χ2v) is 9.50. The Morgan fingerprint density at radius 1 is 1.03 bits per heavy atom. The maximum atomic E-state index is 12.5. The van der Waals surface area contributed by atoms with Crippen molar-refractivity contribution in [1.29, 1.82) is 0 Å². The van der Waals surface area contributed by atoms with Crippen LogP contribution in [0.1, 0.15) is 21.5 Å². The van der Waals surface area contributed by atoms with Gasteiger partial charge in [0, 0.05) is 10.0 Å². The lowest BCUT2D eigenvalue weighted by atomic mass is 10.1. The number of hydrazone groups is 1. The van der Waals surface area contributed by atoms with Gasteiger partial charge in [-0.15, -0.1) is 0 Å². The lowest BCUT2D eigenvalue weighted by Gasteiger charge is -2.09. The standard InChI is InChI=1S/C23H20BrN3O5S/c1-16-7-5-6-10-20(16)23(29)32-21-12-11-18(24)13-17(21)14-25-27-22(28)15-26-33(30,31)19-8-3-2-4-9-19/h2-14,26H,15H2,1H3,(H,27,28)/b25-14+. The molecule has 0 aliphatic rings. The topological polar surface area (TPSA) is 114 Å². The molecule has 8 nitrogen and oxygen atoms in total. The molecule has 10 heteroatoms. The Morgan fingerprint density at radius 3 is 2.45 bits per heavy atom. The summed E-state index contributed by atoms with van der Waals surface area (Å²) in [4.78, 5) is 24.6. The Bertz CT molecular complexity index is 1290. The molecule has 3 aromatic rings. The molecule has 1 amide bonds. The summed E-state index contributed by atoms with van der Waals surface area (Å²) in [6.07, 6.45) is 1.30. The number of esters is 1. The molecule has 33 heavy (non-hydrogen) atoms. The van der Waals surface area contributed by atoms with E-state index in [1.54, 1.807) is 48.5 Å². The highest BCUT2D eigenvalue weighted by Crippen LogP contribution is 2.23. The minimum absolute atomic E-state index is 0.0514. The van der Waals surface area contributed by atoms with Crippen molar-refractivity contribution in [1.82, 2.24) is 10.1 Å². The van der Waals surface area contributed by atoms with Crippen LogP contribution in [0.25, 0.3) is 0 Å². The molecule has 0 saturated heterocycles. The molecule has 3 rings (SSSR count). The fourth-order valence-corrected chi connectivity index (χ4v) is 4.11. The van der Waals surface area contributed by atoms with E-state index in [1.165, 1.54) is 18.3 Å². The highest BCUT2D eigenvalue weighted by Gasteiger charge is 2.15. The summed E-state index contributed by atoms with van der Waals surface area (Å²) in [6, 6.07) is 19.7. The second-order valence-electron chi connectivity index (χ2n) is 6.82. The zero-order valence-electron chi connectivity index (χ0n) is 17.5. The van der Waals surface area contributed by atoms with Gasteiger partial charge in [-0.2, -0.15) is 5.10 Å². The first-order valence-corrected chi connectivity index (χ1v) is 12.0. The fraction of sp³-hybridized carbons (Fsp3) is 0.0870. The van der Waals surface area contributed by atoms with Crippen LogP contribution in [0.4, 0.5) is 0 Å². The van der Waals surface area contributed by atoms with Crippen molar-refractivity contribution in [2.24, 2.45) is 5.10 Å². The van der Waals surface area contributed by atoms with Gasteiger partial charge in [0.25, 0.3) is 5.91 Å². The lowest BCUT2D eigenvalue weighted by molar-refractivity contribution is -0.119. The van der Waals surface area contributed by atoms with Gasteiger partial charge in [0.15, 0.2) is 0 Å². The lowest BCUT2D eigenvalue weighted by Crippen LogP contribution is -2.34. The van der Waals surface area contributed by atoms with Crippen molar-refractivity contribution < 1.29 is 22.7 Å². The Hall–Kier alpha value is -3.34. The number of benzene rings is 3. The molecule has 0 heterocycles. The Morgan fingerprint density at radius 2 is 1.73 bits per heavy atom. The van der Waals surface area contributed by atoms with Gasteiger partial charge in [0.1, 0.15) is 5.75 Å². The molecule has 0 aliphatic carbocycles. The summed E-state index contributed by atoms with van der Waals surface area (Å²) in [6.45, 7) is 1.31. The van der Waals surface area contributed by atoms with Gasteiger partial charge in [0.05, 0.1) is 23.2 Å². The average molecular weight is 530 g/mol. The summed E-state index contributed by atoms with van der Waals surface area (Å²) in [5.41, 5.74) is 3.88. The van der Waals surface area contributed by atoms with Crippen molar-refractivity contribution in [3.8, 4) is 5.75 Å². The summed E-state index contributed by atoms with van der Waals surface area (Å²) in [5, 5.41) is 3.84. The van der Waals surface area contributed by atoms with Crippen molar-refractivity contribution >= 4 is 44.0 Å². The normalized spacial score (nSPS) is 11.3. The van der Waals surface area contributed by atoms with Crippen LogP contribution < -0.4 is 14.9 Å². The highest BCUT2D eigenvalue weighted by atomic mass is 79.9. The van der Waals surface area contributed by atoms with Gasteiger partial charge in [-0.1, -0.05) is 52.3 Å². The number of aryl methyl sites for hydroxylation is 1. The van der Waals surface area contributed by atoms with E-state index in [2.05, 4.69) is 31.2 Å². The number of hydrogen-bond acceptors (Lipinski definition) is 6. The number of amides is 1. The van der Waals surface area contributed by atoms with Crippen LogP contribution in [0, 0.1) is 6.92 Å². The molecule has 0 fully saturated rings. The number of carbonyl (C=O) groups excluding carboxylic acids is 2. The first-order valence-electron chi connectivity index (χ1n) is 9.70. The maximum Gasteiger partial charge on any atom is 0.343 e. The van der Waals surface area contributed by atoms with E-state index in [4.69, 9.17) is 4.74 Å². The van der Waals surface area contributed by atoms with Crippen LogP contribution in [-0.4, -0.2) is 33.1 Å². The number of ether oxygens (including phenoxy) is 1. The highest BCUT2D eigenvalue weighted by molar-refractivity contribution is 9.10. The molecule has 0 bridgehead atoms. The third kappa shape index (κ3) is 6.82. The maximum absolute atomic E-state index is 12.5. The van der Waals surface area contributed by atoms with Crippen LogP contribution in [-0.2, 0) is 14.8 Å². The van der Waals surface area contributed by atoms with E-state index in [9.17, 15) is 18.0 Å². The molecule has 3 aromatic carbocycles. The quantitative estimate of drug-likeness (QED) is 0.201. The smallest absolute Gasteiger partial charge is 0.343 e. The van der Waals surface area contributed by atoms with E-state index in [-0.39, 0.29) is 10.6 Å². The van der Waals surface area contributed by atoms with Gasteiger partial charge in [-0.25, -0.2) is 23.4 Å². The predicted molar refractivity (Wildman–Crippen MR) is 128 cm³/mol. The van der Waals surface area contributed by atoms with Gasteiger partial charge in [0.2, 0.25) is 10.0 Å². The third-order valence-corrected chi connectivity index (χ3v) is 6.32. The molecule has 0 aliphatic heterocycles.